The standard InChI is InChI=1S/C14H18ClN3O2/c1-20-9-7-16-14(19)6-8-18-12-5-3-2-4-11(12)17-13(18)10-15/h2-5H,6-10H2,1H3,(H,16,19). The Bertz CT molecular complexity index is 583. The Hall–Kier alpha value is -1.59. The maximum absolute atomic E-state index is 11.7. The lowest BCUT2D eigenvalue weighted by atomic mass is 10.3. The van der Waals surface area contributed by atoms with Gasteiger partial charge < -0.3 is 14.6 Å². The summed E-state index contributed by atoms with van der Waals surface area (Å²) >= 11 is 5.92. The van der Waals surface area contributed by atoms with Crippen molar-refractivity contribution in [3.63, 3.8) is 0 Å². The van der Waals surface area contributed by atoms with Crippen LogP contribution in [0, 0.1) is 0 Å². The van der Waals surface area contributed by atoms with Crippen molar-refractivity contribution in [1.29, 1.82) is 0 Å². The van der Waals surface area contributed by atoms with Crippen LogP contribution in [0.25, 0.3) is 11.0 Å². The molecule has 1 aromatic carbocycles. The van der Waals surface area contributed by atoms with Gasteiger partial charge in [-0.1, -0.05) is 12.1 Å². The predicted octanol–water partition coefficient (Wildman–Crippen LogP) is 1.93. The summed E-state index contributed by atoms with van der Waals surface area (Å²) < 4.78 is 6.89. The smallest absolute Gasteiger partial charge is 0.221 e. The van der Waals surface area contributed by atoms with Crippen molar-refractivity contribution < 1.29 is 9.53 Å². The number of hydrogen-bond acceptors (Lipinski definition) is 3. The molecule has 0 atom stereocenters. The van der Waals surface area contributed by atoms with E-state index in [2.05, 4.69) is 10.3 Å². The molecule has 0 aliphatic rings. The van der Waals surface area contributed by atoms with Crippen LogP contribution in [0.4, 0.5) is 0 Å². The largest absolute Gasteiger partial charge is 0.383 e. The predicted molar refractivity (Wildman–Crippen MR) is 78.8 cm³/mol. The molecule has 0 unspecified atom stereocenters. The molecule has 0 aliphatic heterocycles. The number of para-hydroxylation sites is 2. The van der Waals surface area contributed by atoms with Crippen LogP contribution in [0.1, 0.15) is 12.2 Å². The van der Waals surface area contributed by atoms with Crippen molar-refractivity contribution in [2.45, 2.75) is 18.8 Å². The number of ether oxygens (including phenoxy) is 1. The number of rotatable bonds is 7. The van der Waals surface area contributed by atoms with E-state index in [1.54, 1.807) is 7.11 Å². The Morgan fingerprint density at radius 1 is 1.45 bits per heavy atom. The summed E-state index contributed by atoms with van der Waals surface area (Å²) in [5.41, 5.74) is 1.91. The van der Waals surface area contributed by atoms with Gasteiger partial charge in [-0.2, -0.15) is 0 Å². The molecule has 5 nitrogen and oxygen atoms in total. The van der Waals surface area contributed by atoms with E-state index in [0.29, 0.717) is 32.0 Å². The first kappa shape index (κ1) is 14.8. The number of methoxy groups -OCH3 is 1. The molecule has 0 bridgehead atoms. The van der Waals surface area contributed by atoms with Crippen molar-refractivity contribution in [2.24, 2.45) is 0 Å². The van der Waals surface area contributed by atoms with Gasteiger partial charge in [0.05, 0.1) is 23.5 Å². The molecule has 0 aliphatic carbocycles. The maximum atomic E-state index is 11.7. The van der Waals surface area contributed by atoms with Gasteiger partial charge in [0.1, 0.15) is 5.82 Å². The van der Waals surface area contributed by atoms with Gasteiger partial charge in [-0.15, -0.1) is 11.6 Å². The molecule has 0 saturated carbocycles. The van der Waals surface area contributed by atoms with Crippen LogP contribution in [-0.2, 0) is 22.0 Å². The van der Waals surface area contributed by atoms with E-state index in [9.17, 15) is 4.79 Å². The highest BCUT2D eigenvalue weighted by molar-refractivity contribution is 6.16. The number of aromatic nitrogens is 2. The van der Waals surface area contributed by atoms with Crippen LogP contribution in [0.5, 0.6) is 0 Å². The minimum absolute atomic E-state index is 0.000327. The third-order valence-electron chi connectivity index (χ3n) is 3.04. The zero-order valence-corrected chi connectivity index (χ0v) is 12.2. The normalized spacial score (nSPS) is 10.9. The Labute approximate surface area is 122 Å². The Balaban J connectivity index is 2.03. The highest BCUT2D eigenvalue weighted by atomic mass is 35.5. The summed E-state index contributed by atoms with van der Waals surface area (Å²) in [6.45, 7) is 1.62. The van der Waals surface area contributed by atoms with Gasteiger partial charge in [-0.05, 0) is 12.1 Å². The van der Waals surface area contributed by atoms with Gasteiger partial charge in [0, 0.05) is 26.6 Å². The summed E-state index contributed by atoms with van der Waals surface area (Å²) in [6, 6.07) is 7.83. The zero-order chi connectivity index (χ0) is 14.4. The number of nitrogens with one attached hydrogen (secondary N) is 1. The Morgan fingerprint density at radius 2 is 2.25 bits per heavy atom. The number of amides is 1. The molecule has 6 heteroatoms. The summed E-state index contributed by atoms with van der Waals surface area (Å²) in [4.78, 5) is 16.2. The van der Waals surface area contributed by atoms with Gasteiger partial charge in [0.25, 0.3) is 0 Å². The van der Waals surface area contributed by atoms with Crippen molar-refractivity contribution >= 4 is 28.5 Å². The number of fused-ring (bicyclic) bond motifs is 1. The van der Waals surface area contributed by atoms with Crippen molar-refractivity contribution in [3.8, 4) is 0 Å². The topological polar surface area (TPSA) is 56.1 Å². The second kappa shape index (κ2) is 7.26. The number of nitrogens with zero attached hydrogens (tertiary/aromatic N) is 2. The van der Waals surface area contributed by atoms with Gasteiger partial charge in [0.15, 0.2) is 0 Å². The third kappa shape index (κ3) is 3.49. The molecule has 0 saturated heterocycles. The Morgan fingerprint density at radius 3 is 3.00 bits per heavy atom. The number of carbonyl (C=O) groups is 1. The van der Waals surface area contributed by atoms with Gasteiger partial charge >= 0.3 is 0 Å². The highest BCUT2D eigenvalue weighted by Gasteiger charge is 2.10. The van der Waals surface area contributed by atoms with Gasteiger partial charge in [-0.25, -0.2) is 4.98 Å². The molecule has 2 rings (SSSR count). The number of alkyl halides is 1. The summed E-state index contributed by atoms with van der Waals surface area (Å²) in [5, 5.41) is 2.80. The second-order valence-electron chi connectivity index (χ2n) is 4.39. The highest BCUT2D eigenvalue weighted by Crippen LogP contribution is 2.17. The molecule has 0 fully saturated rings. The van der Waals surface area contributed by atoms with Crippen molar-refractivity contribution in [2.75, 3.05) is 20.3 Å². The van der Waals surface area contributed by atoms with Gasteiger partial charge in [0.2, 0.25) is 5.91 Å². The average Bonchev–Trinajstić information content (AvgIpc) is 2.83. The molecule has 1 amide bonds. The first-order valence-corrected chi connectivity index (χ1v) is 7.05. The minimum atomic E-state index is 0.000327. The first-order valence-electron chi connectivity index (χ1n) is 6.52. The number of hydrogen-bond donors (Lipinski definition) is 1. The molecule has 1 N–H and O–H groups in total. The lowest BCUT2D eigenvalue weighted by molar-refractivity contribution is -0.121. The van der Waals surface area contributed by atoms with Crippen LogP contribution in [0.2, 0.25) is 0 Å². The molecule has 0 spiro atoms. The third-order valence-corrected chi connectivity index (χ3v) is 3.28. The summed E-state index contributed by atoms with van der Waals surface area (Å²) in [5.74, 6) is 1.12. The SMILES string of the molecule is COCCNC(=O)CCn1c(CCl)nc2ccccc21. The van der Waals surface area contributed by atoms with Crippen LogP contribution in [0.3, 0.4) is 0 Å². The van der Waals surface area contributed by atoms with E-state index in [-0.39, 0.29) is 5.91 Å². The molecule has 20 heavy (non-hydrogen) atoms. The van der Waals surface area contributed by atoms with Crippen molar-refractivity contribution in [3.05, 3.63) is 30.1 Å². The fraction of sp³-hybridized carbons (Fsp3) is 0.429. The average molecular weight is 296 g/mol. The lowest BCUT2D eigenvalue weighted by Crippen LogP contribution is -2.27. The van der Waals surface area contributed by atoms with E-state index < -0.39 is 0 Å². The summed E-state index contributed by atoms with van der Waals surface area (Å²) in [7, 11) is 1.61. The fourth-order valence-corrected chi connectivity index (χ4v) is 2.28. The first-order chi connectivity index (χ1) is 9.76. The number of carbonyl (C=O) groups excluding carboxylic acids is 1. The molecular formula is C14H18ClN3O2. The number of benzene rings is 1. The molecule has 1 aromatic heterocycles. The van der Waals surface area contributed by atoms with Crippen LogP contribution >= 0.6 is 11.6 Å². The van der Waals surface area contributed by atoms with Crippen LogP contribution in [0.15, 0.2) is 24.3 Å². The monoisotopic (exact) mass is 295 g/mol. The van der Waals surface area contributed by atoms with Gasteiger partial charge in [-0.3, -0.25) is 4.79 Å². The molecule has 0 radical (unpaired) electrons. The van der Waals surface area contributed by atoms with Crippen LogP contribution < -0.4 is 5.32 Å². The van der Waals surface area contributed by atoms with E-state index in [0.717, 1.165) is 16.9 Å². The number of imidazole rings is 1. The number of aryl methyl sites for hydroxylation is 1. The Kier molecular flexibility index (Phi) is 5.38. The minimum Gasteiger partial charge on any atom is -0.383 e. The molecule has 1 heterocycles. The van der Waals surface area contributed by atoms with E-state index in [1.165, 1.54) is 0 Å². The zero-order valence-electron chi connectivity index (χ0n) is 11.4. The van der Waals surface area contributed by atoms with E-state index in [1.807, 2.05) is 28.8 Å². The molecular weight excluding hydrogens is 278 g/mol. The van der Waals surface area contributed by atoms with E-state index in [4.69, 9.17) is 16.3 Å². The maximum Gasteiger partial charge on any atom is 0.221 e. The van der Waals surface area contributed by atoms with Crippen molar-refractivity contribution in [1.82, 2.24) is 14.9 Å². The summed E-state index contributed by atoms with van der Waals surface area (Å²) in [6.07, 6.45) is 0.397. The lowest BCUT2D eigenvalue weighted by Gasteiger charge is -2.08. The second-order valence-corrected chi connectivity index (χ2v) is 4.66. The van der Waals surface area contributed by atoms with Crippen LogP contribution in [-0.4, -0.2) is 35.7 Å². The fourth-order valence-electron chi connectivity index (χ4n) is 2.07. The molecule has 2 aromatic rings. The van der Waals surface area contributed by atoms with E-state index >= 15 is 0 Å². The quantitative estimate of drug-likeness (QED) is 0.627. The number of halogens is 1. The molecule has 108 valence electrons.